The Labute approximate surface area is 259 Å². The number of carbonyl (C=O) groups excluding carboxylic acids is 2. The zero-order valence-electron chi connectivity index (χ0n) is 21.7. The fourth-order valence-corrected chi connectivity index (χ4v) is 5.30. The van der Waals surface area contributed by atoms with Crippen LogP contribution in [0.4, 0.5) is 9.18 Å². The number of nitriles is 1. The molecule has 3 N–H and O–H groups in total. The summed E-state index contributed by atoms with van der Waals surface area (Å²) in [6.07, 6.45) is 3.77. The monoisotopic (exact) mass is 765 g/mol. The molecule has 0 aromatic heterocycles. The van der Waals surface area contributed by atoms with Crippen molar-refractivity contribution in [2.45, 2.75) is 29.9 Å². The maximum atomic E-state index is 13.3. The second-order valence-corrected chi connectivity index (χ2v) is 11.1. The molecule has 0 radical (unpaired) electrons. The van der Waals surface area contributed by atoms with Crippen molar-refractivity contribution < 1.29 is 14.0 Å². The summed E-state index contributed by atoms with van der Waals surface area (Å²) in [4.78, 5) is 31.0. The lowest BCUT2D eigenvalue weighted by Crippen LogP contribution is -2.32. The van der Waals surface area contributed by atoms with Crippen LogP contribution in [0.2, 0.25) is 0 Å². The van der Waals surface area contributed by atoms with Crippen molar-refractivity contribution in [3.8, 4) is 6.07 Å². The van der Waals surface area contributed by atoms with Crippen LogP contribution in [0.5, 0.6) is 0 Å². The molecule has 12 heteroatoms. The Balaban J connectivity index is 1.44. The molecule has 2 aliphatic rings. The summed E-state index contributed by atoms with van der Waals surface area (Å²) in [5.41, 5.74) is 3.93. The van der Waals surface area contributed by atoms with Crippen LogP contribution in [0.15, 0.2) is 79.9 Å². The predicted octanol–water partition coefficient (Wildman–Crippen LogP) is 5.38. The van der Waals surface area contributed by atoms with Crippen LogP contribution in [0.3, 0.4) is 0 Å². The Morgan fingerprint density at radius 2 is 1.95 bits per heavy atom. The maximum Gasteiger partial charge on any atom is 0.327 e. The summed E-state index contributed by atoms with van der Waals surface area (Å²) < 4.78 is 17.4. The Morgan fingerprint density at radius 1 is 1.27 bits per heavy atom. The highest BCUT2D eigenvalue weighted by atomic mass is 127. The fourth-order valence-electron chi connectivity index (χ4n) is 4.17. The first-order chi connectivity index (χ1) is 19.2. The van der Waals surface area contributed by atoms with E-state index >= 15 is 0 Å². The molecule has 1 fully saturated rings. The van der Waals surface area contributed by atoms with E-state index in [0.717, 1.165) is 22.4 Å². The number of hydrogen-bond acceptors (Lipinski definition) is 6. The van der Waals surface area contributed by atoms with Crippen LogP contribution < -0.4 is 16.0 Å². The summed E-state index contributed by atoms with van der Waals surface area (Å²) in [5.74, 6) is -0.218. The number of amides is 3. The highest BCUT2D eigenvalue weighted by Gasteiger charge is 2.29. The van der Waals surface area contributed by atoms with Gasteiger partial charge in [0.15, 0.2) is 5.84 Å². The van der Waals surface area contributed by atoms with Gasteiger partial charge in [-0.15, -0.1) is 0 Å². The van der Waals surface area contributed by atoms with Gasteiger partial charge in [-0.25, -0.2) is 14.2 Å². The molecule has 206 valence electrons. The molecule has 2 unspecified atom stereocenters. The van der Waals surface area contributed by atoms with Gasteiger partial charge in [0.25, 0.3) is 5.91 Å². The number of halogens is 3. The number of benzene rings is 2. The molecule has 40 heavy (non-hydrogen) atoms. The molecular formula is C28H26FI2N7O2. The second kappa shape index (κ2) is 13.4. The van der Waals surface area contributed by atoms with E-state index in [-0.39, 0.29) is 34.1 Å². The van der Waals surface area contributed by atoms with Crippen molar-refractivity contribution in [1.29, 1.82) is 5.26 Å². The van der Waals surface area contributed by atoms with Gasteiger partial charge in [0.05, 0.1) is 56.1 Å². The van der Waals surface area contributed by atoms with Gasteiger partial charge in [-0.05, 0) is 41.8 Å². The molecule has 0 bridgehead atoms. The van der Waals surface area contributed by atoms with Gasteiger partial charge >= 0.3 is 6.03 Å². The highest BCUT2D eigenvalue weighted by molar-refractivity contribution is 14.1. The summed E-state index contributed by atoms with van der Waals surface area (Å²) in [6.45, 7) is 2.24. The van der Waals surface area contributed by atoms with Crippen LogP contribution in [0.25, 0.3) is 0 Å². The van der Waals surface area contributed by atoms with E-state index in [1.807, 2.05) is 60.1 Å². The van der Waals surface area contributed by atoms with Gasteiger partial charge in [0.1, 0.15) is 11.6 Å². The van der Waals surface area contributed by atoms with Crippen molar-refractivity contribution in [1.82, 2.24) is 20.9 Å². The quantitative estimate of drug-likeness (QED) is 0.247. The molecule has 0 spiro atoms. The SMILES string of the molecule is C[C@H](NC(=O)C1=C(NCc2ccc(C(I)/C=C3\C(=N/I)NC(=O)N3C)cc2)N=CC(C#N)C1)c1ccc(F)cc1. The van der Waals surface area contributed by atoms with E-state index in [2.05, 4.69) is 52.8 Å². The lowest BCUT2D eigenvalue weighted by molar-refractivity contribution is -0.118. The number of aliphatic imine (C=N–C) groups is 1. The molecule has 3 amide bonds. The molecule has 3 atom stereocenters. The van der Waals surface area contributed by atoms with Crippen LogP contribution >= 0.6 is 45.5 Å². The standard InChI is InChI=1S/C28H26FI2N7O2/c1-16(19-7-9-21(29)10-8-19)35-27(39)22-11-18(13-32)15-34-25(22)33-14-17-3-5-20(6-4-17)23(30)12-24-26(37-31)36-28(40)38(24)2/h3-10,12,15-16,18,23,33H,11,14H2,1-2H3,(H,35,39)(H,36,37,40)/b24-12+/t16-,18?,23?/m0/s1. The minimum Gasteiger partial charge on any atom is -0.366 e. The normalized spacial score (nSPS) is 20.4. The fraction of sp³-hybridized carbons (Fsp3) is 0.250. The molecule has 2 aromatic rings. The number of rotatable bonds is 8. The zero-order valence-corrected chi connectivity index (χ0v) is 26.0. The van der Waals surface area contributed by atoms with Crippen molar-refractivity contribution in [2.24, 2.45) is 14.1 Å². The second-order valence-electron chi connectivity index (χ2n) is 9.26. The number of amidine groups is 1. The van der Waals surface area contributed by atoms with E-state index in [9.17, 15) is 19.2 Å². The van der Waals surface area contributed by atoms with Crippen LogP contribution in [0, 0.1) is 23.1 Å². The number of hydrogen-bond donors (Lipinski definition) is 3. The van der Waals surface area contributed by atoms with Gasteiger partial charge in [-0.3, -0.25) is 15.0 Å². The number of carbonyl (C=O) groups is 2. The smallest absolute Gasteiger partial charge is 0.327 e. The number of nitrogens with zero attached hydrogens (tertiary/aromatic N) is 4. The predicted molar refractivity (Wildman–Crippen MR) is 168 cm³/mol. The van der Waals surface area contributed by atoms with Crippen molar-refractivity contribution >= 4 is 69.4 Å². The van der Waals surface area contributed by atoms with Crippen molar-refractivity contribution in [3.63, 3.8) is 0 Å². The molecule has 2 heterocycles. The Hall–Kier alpha value is -3.32. The lowest BCUT2D eigenvalue weighted by Gasteiger charge is -2.21. The van der Waals surface area contributed by atoms with Gasteiger partial charge in [-0.1, -0.05) is 59.0 Å². The van der Waals surface area contributed by atoms with Crippen LogP contribution in [0.1, 0.15) is 40.0 Å². The molecule has 2 aliphatic heterocycles. The minimum absolute atomic E-state index is 0.00451. The average Bonchev–Trinajstić information content (AvgIpc) is 3.24. The summed E-state index contributed by atoms with van der Waals surface area (Å²) in [7, 11) is 1.70. The third-order valence-electron chi connectivity index (χ3n) is 6.53. The third-order valence-corrected chi connectivity index (χ3v) is 8.09. The van der Waals surface area contributed by atoms with E-state index in [1.54, 1.807) is 25.4 Å². The van der Waals surface area contributed by atoms with E-state index in [0.29, 0.717) is 23.8 Å². The Bertz CT molecular complexity index is 1450. The Kier molecular flexibility index (Phi) is 9.90. The zero-order chi connectivity index (χ0) is 28.8. The maximum absolute atomic E-state index is 13.3. The third kappa shape index (κ3) is 7.05. The number of nitrogens with one attached hydrogen (secondary N) is 3. The topological polar surface area (TPSA) is 122 Å². The minimum atomic E-state index is -0.497. The average molecular weight is 765 g/mol. The first kappa shape index (κ1) is 29.7. The molecule has 9 nitrogen and oxygen atoms in total. The van der Waals surface area contributed by atoms with Gasteiger partial charge < -0.3 is 10.6 Å². The Morgan fingerprint density at radius 3 is 2.60 bits per heavy atom. The summed E-state index contributed by atoms with van der Waals surface area (Å²) in [6, 6.07) is 15.6. The number of alkyl halides is 1. The van der Waals surface area contributed by atoms with E-state index in [1.165, 1.54) is 17.0 Å². The van der Waals surface area contributed by atoms with Crippen LogP contribution in [-0.4, -0.2) is 35.9 Å². The summed E-state index contributed by atoms with van der Waals surface area (Å²) in [5, 5.41) is 18.3. The molecule has 1 saturated heterocycles. The van der Waals surface area contributed by atoms with Crippen LogP contribution in [-0.2, 0) is 11.3 Å². The first-order valence-electron chi connectivity index (χ1n) is 12.4. The first-order valence-corrected chi connectivity index (χ1v) is 14.6. The summed E-state index contributed by atoms with van der Waals surface area (Å²) >= 11 is 4.17. The van der Waals surface area contributed by atoms with Crippen molar-refractivity contribution in [2.75, 3.05) is 7.05 Å². The largest absolute Gasteiger partial charge is 0.366 e. The molecular weight excluding hydrogens is 739 g/mol. The van der Waals surface area contributed by atoms with Gasteiger partial charge in [-0.2, -0.15) is 8.47 Å². The van der Waals surface area contributed by atoms with Crippen molar-refractivity contribution in [3.05, 3.63) is 94.2 Å². The highest BCUT2D eigenvalue weighted by Crippen LogP contribution is 2.29. The van der Waals surface area contributed by atoms with E-state index in [4.69, 9.17) is 0 Å². The molecule has 0 aliphatic carbocycles. The number of likely N-dealkylation sites (N-methyl/N-ethyl adjacent to an activating group) is 1. The number of allylic oxidation sites excluding steroid dienone is 1. The van der Waals surface area contributed by atoms with Gasteiger partial charge in [0.2, 0.25) is 0 Å². The molecule has 0 saturated carbocycles. The van der Waals surface area contributed by atoms with E-state index < -0.39 is 5.92 Å². The molecule has 4 rings (SSSR count). The molecule has 2 aromatic carbocycles. The number of urea groups is 1. The lowest BCUT2D eigenvalue weighted by atomic mass is 9.97. The van der Waals surface area contributed by atoms with Gasteiger partial charge in [0, 0.05) is 26.2 Å².